The number of hydrogen-bond acceptors (Lipinski definition) is 2. The van der Waals surface area contributed by atoms with Gasteiger partial charge < -0.3 is 9.72 Å². The van der Waals surface area contributed by atoms with E-state index in [1.165, 1.54) is 0 Å². The molecule has 0 saturated heterocycles. The highest BCUT2D eigenvalue weighted by Crippen LogP contribution is 2.13. The molecule has 0 unspecified atom stereocenters. The Morgan fingerprint density at radius 1 is 0.903 bits per heavy atom. The molecule has 2 rings (SSSR count). The van der Waals surface area contributed by atoms with Crippen LogP contribution in [0.25, 0.3) is 18.2 Å². The monoisotopic (exact) mass is 424 g/mol. The SMILES string of the molecule is C/C=C/c1cnc(/C=C/c2ccc(OC)cc2)[nH]1.C=CC.C=CC/C=C/C.CC.CC. The molecule has 0 saturated carbocycles. The van der Waals surface area contributed by atoms with Gasteiger partial charge in [0.25, 0.3) is 0 Å². The fourth-order valence-corrected chi connectivity index (χ4v) is 1.82. The quantitative estimate of drug-likeness (QED) is 0.470. The topological polar surface area (TPSA) is 37.9 Å². The van der Waals surface area contributed by atoms with Crippen LogP contribution in [0.2, 0.25) is 0 Å². The zero-order valence-corrected chi connectivity index (χ0v) is 21.0. The molecule has 1 aromatic carbocycles. The van der Waals surface area contributed by atoms with Crippen molar-refractivity contribution in [3.63, 3.8) is 0 Å². The lowest BCUT2D eigenvalue weighted by Crippen LogP contribution is -1.81. The van der Waals surface area contributed by atoms with Gasteiger partial charge >= 0.3 is 0 Å². The molecule has 172 valence electrons. The molecule has 0 fully saturated rings. The number of ether oxygens (including phenoxy) is 1. The highest BCUT2D eigenvalue weighted by Gasteiger charge is 1.94. The van der Waals surface area contributed by atoms with Crippen LogP contribution in [-0.4, -0.2) is 17.1 Å². The van der Waals surface area contributed by atoms with Crippen LogP contribution in [0, 0.1) is 0 Å². The Balaban J connectivity index is -0.000000505. The van der Waals surface area contributed by atoms with E-state index in [2.05, 4.69) is 29.2 Å². The summed E-state index contributed by atoms with van der Waals surface area (Å²) in [5.74, 6) is 1.71. The third-order valence-electron chi connectivity index (χ3n) is 3.05. The van der Waals surface area contributed by atoms with Gasteiger partial charge in [-0.15, -0.1) is 13.2 Å². The summed E-state index contributed by atoms with van der Waals surface area (Å²) in [6.45, 7) is 20.8. The van der Waals surface area contributed by atoms with Crippen molar-refractivity contribution in [2.45, 2.75) is 54.9 Å². The summed E-state index contributed by atoms with van der Waals surface area (Å²) in [5.41, 5.74) is 2.12. The lowest BCUT2D eigenvalue weighted by Gasteiger charge is -1.98. The highest BCUT2D eigenvalue weighted by atomic mass is 16.5. The van der Waals surface area contributed by atoms with Crippen molar-refractivity contribution in [2.75, 3.05) is 7.11 Å². The van der Waals surface area contributed by atoms with Crippen molar-refractivity contribution in [3.05, 3.63) is 91.1 Å². The van der Waals surface area contributed by atoms with Crippen LogP contribution in [0.4, 0.5) is 0 Å². The number of methoxy groups -OCH3 is 1. The van der Waals surface area contributed by atoms with Gasteiger partial charge in [0.15, 0.2) is 0 Å². The molecule has 0 bridgehead atoms. The van der Waals surface area contributed by atoms with Gasteiger partial charge in [-0.3, -0.25) is 0 Å². The Morgan fingerprint density at radius 2 is 1.48 bits per heavy atom. The first kappa shape index (κ1) is 32.6. The molecule has 0 spiro atoms. The average molecular weight is 425 g/mol. The predicted molar refractivity (Wildman–Crippen MR) is 143 cm³/mol. The van der Waals surface area contributed by atoms with Crippen molar-refractivity contribution < 1.29 is 4.74 Å². The first-order valence-electron chi connectivity index (χ1n) is 10.9. The van der Waals surface area contributed by atoms with Gasteiger partial charge in [0.1, 0.15) is 11.6 Å². The summed E-state index contributed by atoms with van der Waals surface area (Å²) in [6.07, 6.45) is 18.4. The molecule has 3 nitrogen and oxygen atoms in total. The molecule has 31 heavy (non-hydrogen) atoms. The second-order valence-corrected chi connectivity index (χ2v) is 5.33. The van der Waals surface area contributed by atoms with Crippen LogP contribution in [-0.2, 0) is 0 Å². The van der Waals surface area contributed by atoms with E-state index in [9.17, 15) is 0 Å². The molecule has 1 N–H and O–H groups in total. The number of benzene rings is 1. The maximum absolute atomic E-state index is 5.11. The van der Waals surface area contributed by atoms with Gasteiger partial charge in [-0.2, -0.15) is 0 Å². The average Bonchev–Trinajstić information content (AvgIpc) is 3.28. The van der Waals surface area contributed by atoms with Crippen LogP contribution in [0.1, 0.15) is 72.0 Å². The summed E-state index contributed by atoms with van der Waals surface area (Å²) in [6, 6.07) is 7.89. The number of nitrogens with one attached hydrogen (secondary N) is 1. The van der Waals surface area contributed by atoms with Crippen LogP contribution in [0.5, 0.6) is 5.75 Å². The second-order valence-electron chi connectivity index (χ2n) is 5.33. The number of H-pyrrole nitrogens is 1. The van der Waals surface area contributed by atoms with E-state index in [4.69, 9.17) is 4.74 Å². The molecule has 0 amide bonds. The molecule has 1 aromatic heterocycles. The van der Waals surface area contributed by atoms with E-state index in [1.807, 2.05) is 115 Å². The number of hydrogen-bond donors (Lipinski definition) is 1. The molecule has 0 atom stereocenters. The molecule has 1 heterocycles. The summed E-state index contributed by atoms with van der Waals surface area (Å²) in [7, 11) is 1.66. The lowest BCUT2D eigenvalue weighted by molar-refractivity contribution is 0.415. The zero-order valence-electron chi connectivity index (χ0n) is 21.0. The minimum absolute atomic E-state index is 0.846. The number of nitrogens with zero attached hydrogens (tertiary/aromatic N) is 1. The molecule has 0 aliphatic heterocycles. The summed E-state index contributed by atoms with van der Waals surface area (Å²) in [4.78, 5) is 7.46. The van der Waals surface area contributed by atoms with Crippen molar-refractivity contribution in [1.82, 2.24) is 9.97 Å². The Labute approximate surface area is 192 Å². The fourth-order valence-electron chi connectivity index (χ4n) is 1.82. The maximum atomic E-state index is 5.11. The minimum Gasteiger partial charge on any atom is -0.497 e. The Hall–Kier alpha value is -3.07. The zero-order chi connectivity index (χ0) is 24.3. The van der Waals surface area contributed by atoms with Gasteiger partial charge in [-0.1, -0.05) is 76.3 Å². The highest BCUT2D eigenvalue weighted by molar-refractivity contribution is 5.67. The summed E-state index contributed by atoms with van der Waals surface area (Å²) < 4.78 is 5.11. The number of allylic oxidation sites excluding steroid dienone is 5. The van der Waals surface area contributed by atoms with Gasteiger partial charge in [0, 0.05) is 0 Å². The van der Waals surface area contributed by atoms with E-state index in [-0.39, 0.29) is 0 Å². The smallest absolute Gasteiger partial charge is 0.130 e. The van der Waals surface area contributed by atoms with Crippen molar-refractivity contribution >= 4 is 18.2 Å². The summed E-state index contributed by atoms with van der Waals surface area (Å²) in [5, 5.41) is 0. The van der Waals surface area contributed by atoms with E-state index >= 15 is 0 Å². The van der Waals surface area contributed by atoms with E-state index in [1.54, 1.807) is 13.2 Å². The van der Waals surface area contributed by atoms with Gasteiger partial charge in [-0.05, 0) is 57.0 Å². The molecule has 0 aliphatic rings. The molecule has 0 radical (unpaired) electrons. The first-order valence-corrected chi connectivity index (χ1v) is 10.9. The molecule has 3 heteroatoms. The van der Waals surface area contributed by atoms with Gasteiger partial charge in [0.2, 0.25) is 0 Å². The van der Waals surface area contributed by atoms with Crippen molar-refractivity contribution in [3.8, 4) is 5.75 Å². The number of imidazole rings is 1. The predicted octanol–water partition coefficient (Wildman–Crippen LogP) is 9.01. The van der Waals surface area contributed by atoms with Crippen molar-refractivity contribution in [1.29, 1.82) is 0 Å². The first-order chi connectivity index (χ1) is 15.1. The molecule has 2 aromatic rings. The maximum Gasteiger partial charge on any atom is 0.130 e. The normalized spacial score (nSPS) is 9.29. The van der Waals surface area contributed by atoms with Crippen molar-refractivity contribution in [2.24, 2.45) is 0 Å². The second kappa shape index (κ2) is 26.9. The van der Waals surface area contributed by atoms with Gasteiger partial charge in [-0.25, -0.2) is 4.98 Å². The number of aromatic nitrogens is 2. The number of aromatic amines is 1. The van der Waals surface area contributed by atoms with E-state index in [0.717, 1.165) is 29.3 Å². The standard InChI is InChI=1S/C15H16N2O.C6H10.C3H6.2C2H6/c1-3-4-13-11-16-15(17-13)10-7-12-5-8-14(18-2)9-6-12;1-3-5-6-4-2;1-3-2;2*1-2/h3-11H,1-2H3,(H,16,17);3-4,6H,1,5H2,2H3;3H,1H2,2H3;2*1-2H3/b4-3+,10-7+;6-4+;;;. The molecular weight excluding hydrogens is 380 g/mol. The third-order valence-corrected chi connectivity index (χ3v) is 3.05. The largest absolute Gasteiger partial charge is 0.497 e. The lowest BCUT2D eigenvalue weighted by atomic mass is 10.2. The summed E-state index contributed by atoms with van der Waals surface area (Å²) >= 11 is 0. The Kier molecular flexibility index (Phi) is 28.3. The van der Waals surface area contributed by atoms with E-state index < -0.39 is 0 Å². The molecular formula is C28H44N2O. The van der Waals surface area contributed by atoms with Crippen LogP contribution in [0.3, 0.4) is 0 Å². The van der Waals surface area contributed by atoms with E-state index in [0.29, 0.717) is 0 Å². The number of rotatable bonds is 6. The van der Waals surface area contributed by atoms with Crippen LogP contribution in [0.15, 0.2) is 74.0 Å². The Bertz CT molecular complexity index is 720. The van der Waals surface area contributed by atoms with Gasteiger partial charge in [0.05, 0.1) is 19.0 Å². The Morgan fingerprint density at radius 3 is 1.90 bits per heavy atom. The van der Waals surface area contributed by atoms with Crippen LogP contribution < -0.4 is 4.74 Å². The molecule has 0 aliphatic carbocycles. The minimum atomic E-state index is 0.846. The van der Waals surface area contributed by atoms with Crippen LogP contribution >= 0.6 is 0 Å². The third kappa shape index (κ3) is 20.0. The fraction of sp³-hybridized carbons (Fsp3) is 0.321.